The largest absolute Gasteiger partial charge is 0.472 e. The molecule has 14 heavy (non-hydrogen) atoms. The molecule has 1 amide bonds. The molecule has 0 unspecified atom stereocenters. The van der Waals surface area contributed by atoms with E-state index < -0.39 is 12.1 Å². The summed E-state index contributed by atoms with van der Waals surface area (Å²) in [5.74, 6) is -1.88. The summed E-state index contributed by atoms with van der Waals surface area (Å²) >= 11 is 0. The Morgan fingerprint density at radius 2 is 2.07 bits per heavy atom. The van der Waals surface area contributed by atoms with Gasteiger partial charge in [-0.25, -0.2) is 5.01 Å². The Bertz CT molecular complexity index is 217. The molecule has 0 aromatic heterocycles. The van der Waals surface area contributed by atoms with Gasteiger partial charge in [0.25, 0.3) is 0 Å². The second kappa shape index (κ2) is 4.16. The maximum absolute atomic E-state index is 11.9. The van der Waals surface area contributed by atoms with Crippen LogP contribution in [0.5, 0.6) is 0 Å². The van der Waals surface area contributed by atoms with E-state index in [1.54, 1.807) is 6.92 Å². The number of piperidine rings is 1. The number of carbonyl (C=O) groups excluding carboxylic acids is 1. The Balaban J connectivity index is 2.46. The summed E-state index contributed by atoms with van der Waals surface area (Å²) in [5, 5.41) is 1.36. The maximum Gasteiger partial charge on any atom is 0.472 e. The van der Waals surface area contributed by atoms with Crippen molar-refractivity contribution in [2.75, 3.05) is 6.54 Å². The van der Waals surface area contributed by atoms with Crippen LogP contribution in [0.3, 0.4) is 0 Å². The van der Waals surface area contributed by atoms with Crippen LogP contribution in [0.25, 0.3) is 0 Å². The molecule has 3 nitrogen and oxygen atoms in total. The third kappa shape index (κ3) is 2.87. The summed E-state index contributed by atoms with van der Waals surface area (Å²) in [6.45, 7) is 2.29. The molecule has 0 aromatic rings. The molecule has 0 spiro atoms. The highest BCUT2D eigenvalue weighted by atomic mass is 19.4. The third-order valence-electron chi connectivity index (χ3n) is 2.31. The number of hydrogen-bond acceptors (Lipinski definition) is 2. The average molecular weight is 210 g/mol. The summed E-state index contributed by atoms with van der Waals surface area (Å²) in [5.41, 5.74) is 1.88. The van der Waals surface area contributed by atoms with Crippen molar-refractivity contribution in [3.8, 4) is 0 Å². The van der Waals surface area contributed by atoms with Crippen LogP contribution in [0.15, 0.2) is 0 Å². The Hall–Kier alpha value is -0.780. The topological polar surface area (TPSA) is 32.3 Å². The van der Waals surface area contributed by atoms with Gasteiger partial charge in [0.2, 0.25) is 0 Å². The van der Waals surface area contributed by atoms with Gasteiger partial charge in [-0.05, 0) is 19.8 Å². The first kappa shape index (κ1) is 11.3. The van der Waals surface area contributed by atoms with Crippen molar-refractivity contribution < 1.29 is 18.0 Å². The number of halogens is 3. The van der Waals surface area contributed by atoms with Crippen LogP contribution < -0.4 is 5.43 Å². The Kier molecular flexibility index (Phi) is 3.36. The van der Waals surface area contributed by atoms with Crippen molar-refractivity contribution in [3.63, 3.8) is 0 Å². The van der Waals surface area contributed by atoms with Crippen LogP contribution in [0.1, 0.15) is 26.2 Å². The highest BCUT2D eigenvalue weighted by molar-refractivity contribution is 5.81. The summed E-state index contributed by atoms with van der Waals surface area (Å²) in [6, 6.07) is -0.0185. The lowest BCUT2D eigenvalue weighted by atomic mass is 10.1. The van der Waals surface area contributed by atoms with Gasteiger partial charge in [0.1, 0.15) is 0 Å². The van der Waals surface area contributed by atoms with Gasteiger partial charge in [-0.3, -0.25) is 10.2 Å². The number of amides is 1. The molecule has 1 saturated heterocycles. The molecule has 82 valence electrons. The lowest BCUT2D eigenvalue weighted by Crippen LogP contribution is -2.53. The second-order valence-electron chi connectivity index (χ2n) is 3.48. The fraction of sp³-hybridized carbons (Fsp3) is 0.875. The van der Waals surface area contributed by atoms with Gasteiger partial charge in [-0.2, -0.15) is 13.2 Å². The SMILES string of the molecule is C[C@H]1CCCCN1NC(=O)C(F)(F)F. The van der Waals surface area contributed by atoms with Crippen molar-refractivity contribution in [1.82, 2.24) is 10.4 Å². The molecular formula is C8H13F3N2O. The summed E-state index contributed by atoms with van der Waals surface area (Å²) < 4.78 is 35.7. The number of carbonyl (C=O) groups is 1. The smallest absolute Gasteiger partial charge is 0.281 e. The van der Waals surface area contributed by atoms with Gasteiger partial charge in [-0.1, -0.05) is 6.42 Å². The van der Waals surface area contributed by atoms with Gasteiger partial charge in [0.15, 0.2) is 0 Å². The highest BCUT2D eigenvalue weighted by Gasteiger charge is 2.40. The lowest BCUT2D eigenvalue weighted by Gasteiger charge is -2.33. The molecule has 0 bridgehead atoms. The quantitative estimate of drug-likeness (QED) is 0.710. The molecule has 6 heteroatoms. The molecule has 0 aliphatic carbocycles. The minimum absolute atomic E-state index is 0.0185. The predicted molar refractivity (Wildman–Crippen MR) is 44.2 cm³/mol. The summed E-state index contributed by atoms with van der Waals surface area (Å²) in [7, 11) is 0. The summed E-state index contributed by atoms with van der Waals surface area (Å²) in [4.78, 5) is 10.6. The Morgan fingerprint density at radius 3 is 2.57 bits per heavy atom. The Morgan fingerprint density at radius 1 is 1.43 bits per heavy atom. The predicted octanol–water partition coefficient (Wildman–Crippen LogP) is 1.45. The molecular weight excluding hydrogens is 197 g/mol. The third-order valence-corrected chi connectivity index (χ3v) is 2.31. The first-order chi connectivity index (χ1) is 6.41. The Labute approximate surface area is 80.2 Å². The van der Waals surface area contributed by atoms with E-state index >= 15 is 0 Å². The van der Waals surface area contributed by atoms with Crippen molar-refractivity contribution in [1.29, 1.82) is 0 Å². The number of nitrogens with one attached hydrogen (secondary N) is 1. The highest BCUT2D eigenvalue weighted by Crippen LogP contribution is 2.18. The fourth-order valence-electron chi connectivity index (χ4n) is 1.46. The van der Waals surface area contributed by atoms with Gasteiger partial charge >= 0.3 is 12.1 Å². The number of rotatable bonds is 1. The molecule has 1 N–H and O–H groups in total. The average Bonchev–Trinajstić information content (AvgIpc) is 2.07. The van der Waals surface area contributed by atoms with Gasteiger partial charge in [-0.15, -0.1) is 0 Å². The molecule has 0 radical (unpaired) electrons. The zero-order valence-corrected chi connectivity index (χ0v) is 7.90. The normalized spacial score (nSPS) is 24.7. The molecule has 1 heterocycles. The minimum Gasteiger partial charge on any atom is -0.281 e. The van der Waals surface area contributed by atoms with Gasteiger partial charge in [0.05, 0.1) is 0 Å². The van der Waals surface area contributed by atoms with E-state index in [2.05, 4.69) is 0 Å². The molecule has 1 rings (SSSR count). The van der Waals surface area contributed by atoms with Crippen LogP contribution >= 0.6 is 0 Å². The molecule has 1 aliphatic heterocycles. The van der Waals surface area contributed by atoms with E-state index in [9.17, 15) is 18.0 Å². The maximum atomic E-state index is 11.9. The van der Waals surface area contributed by atoms with E-state index in [1.807, 2.05) is 5.43 Å². The second-order valence-corrected chi connectivity index (χ2v) is 3.48. The van der Waals surface area contributed by atoms with Crippen molar-refractivity contribution >= 4 is 5.91 Å². The van der Waals surface area contributed by atoms with E-state index in [4.69, 9.17) is 0 Å². The number of hydrogen-bond donors (Lipinski definition) is 1. The van der Waals surface area contributed by atoms with Crippen molar-refractivity contribution in [2.24, 2.45) is 0 Å². The van der Waals surface area contributed by atoms with Crippen LogP contribution in [0.2, 0.25) is 0 Å². The molecule has 1 atom stereocenters. The minimum atomic E-state index is -4.79. The van der Waals surface area contributed by atoms with Crippen LogP contribution in [-0.2, 0) is 4.79 Å². The molecule has 0 aromatic carbocycles. The van der Waals surface area contributed by atoms with E-state index in [-0.39, 0.29) is 6.04 Å². The van der Waals surface area contributed by atoms with Gasteiger partial charge < -0.3 is 0 Å². The first-order valence-electron chi connectivity index (χ1n) is 4.55. The van der Waals surface area contributed by atoms with E-state index in [0.29, 0.717) is 6.54 Å². The standard InChI is InChI=1S/C8H13F3N2O/c1-6-4-2-3-5-13(6)12-7(14)8(9,10)11/h6H,2-5H2,1H3,(H,12,14)/t6-/m0/s1. The van der Waals surface area contributed by atoms with Gasteiger partial charge in [0, 0.05) is 12.6 Å². The number of alkyl halides is 3. The molecule has 0 saturated carbocycles. The van der Waals surface area contributed by atoms with Crippen LogP contribution in [0.4, 0.5) is 13.2 Å². The molecule has 1 fully saturated rings. The summed E-state index contributed by atoms with van der Waals surface area (Å²) in [6.07, 6.45) is -2.16. The lowest BCUT2D eigenvalue weighted by molar-refractivity contribution is -0.180. The number of nitrogens with zero attached hydrogens (tertiary/aromatic N) is 1. The van der Waals surface area contributed by atoms with Crippen LogP contribution in [-0.4, -0.2) is 29.7 Å². The van der Waals surface area contributed by atoms with E-state index in [0.717, 1.165) is 19.3 Å². The van der Waals surface area contributed by atoms with Crippen molar-refractivity contribution in [2.45, 2.75) is 38.4 Å². The van der Waals surface area contributed by atoms with E-state index in [1.165, 1.54) is 5.01 Å². The first-order valence-corrected chi connectivity index (χ1v) is 4.55. The van der Waals surface area contributed by atoms with Crippen LogP contribution in [0, 0.1) is 0 Å². The monoisotopic (exact) mass is 210 g/mol. The fourth-order valence-corrected chi connectivity index (χ4v) is 1.46. The number of hydrazine groups is 1. The zero-order chi connectivity index (χ0) is 10.8. The zero-order valence-electron chi connectivity index (χ0n) is 7.90. The molecule has 1 aliphatic rings. The van der Waals surface area contributed by atoms with Crippen molar-refractivity contribution in [3.05, 3.63) is 0 Å².